The van der Waals surface area contributed by atoms with Crippen LogP contribution in [0.4, 0.5) is 0 Å². The molecule has 164 valence electrons. The summed E-state index contributed by atoms with van der Waals surface area (Å²) in [5.41, 5.74) is 3.14. The van der Waals surface area contributed by atoms with Crippen LogP contribution in [0.25, 0.3) is 10.9 Å². The van der Waals surface area contributed by atoms with E-state index in [1.165, 1.54) is 0 Å². The molecule has 1 saturated heterocycles. The number of aromatic nitrogens is 1. The Morgan fingerprint density at radius 3 is 2.65 bits per heavy atom. The minimum absolute atomic E-state index is 0.00694. The molecule has 2 aromatic carbocycles. The molecular weight excluding hydrogens is 433 g/mol. The Morgan fingerprint density at radius 2 is 1.94 bits per heavy atom. The molecule has 1 aliphatic rings. The van der Waals surface area contributed by atoms with Crippen LogP contribution in [-0.2, 0) is 17.9 Å². The van der Waals surface area contributed by atoms with Crippen LogP contribution < -0.4 is 0 Å². The molecule has 0 spiro atoms. The van der Waals surface area contributed by atoms with Gasteiger partial charge < -0.3 is 15.0 Å². The summed E-state index contributed by atoms with van der Waals surface area (Å²) in [6.45, 7) is 3.48. The van der Waals surface area contributed by atoms with E-state index in [2.05, 4.69) is 16.0 Å². The first-order valence-electron chi connectivity index (χ1n) is 10.5. The summed E-state index contributed by atoms with van der Waals surface area (Å²) < 4.78 is 0. The van der Waals surface area contributed by atoms with Crippen LogP contribution in [0.3, 0.4) is 0 Å². The van der Waals surface area contributed by atoms with Gasteiger partial charge in [0.05, 0.1) is 12.0 Å². The Hall–Kier alpha value is -2.05. The number of fused-ring (bicyclic) bond motifs is 1. The number of likely N-dealkylation sites (tertiary alicyclic amines) is 1. The zero-order chi connectivity index (χ0) is 22.1. The molecule has 0 aliphatic carbocycles. The number of amides is 1. The minimum atomic E-state index is -0.742. The number of aliphatic hydroxyl groups is 1. The van der Waals surface area contributed by atoms with Gasteiger partial charge in [0.2, 0.25) is 5.91 Å². The average molecular weight is 460 g/mol. The van der Waals surface area contributed by atoms with Gasteiger partial charge in [0.15, 0.2) is 0 Å². The van der Waals surface area contributed by atoms with Crippen molar-refractivity contribution in [2.45, 2.75) is 38.6 Å². The van der Waals surface area contributed by atoms with Crippen molar-refractivity contribution in [2.75, 3.05) is 13.6 Å². The molecule has 0 bridgehead atoms. The SMILES string of the molecule is CC(O)[C@@H]1C(=O)N(Cc2c[nH]c3ccccc23)CC[C@@H]1N(C)Cc1cc(Cl)cc(Cl)c1. The number of aromatic amines is 1. The summed E-state index contributed by atoms with van der Waals surface area (Å²) >= 11 is 12.3. The van der Waals surface area contributed by atoms with Gasteiger partial charge in [0.25, 0.3) is 0 Å². The fourth-order valence-electron chi connectivity index (χ4n) is 4.71. The van der Waals surface area contributed by atoms with Gasteiger partial charge in [-0.05, 0) is 55.8 Å². The van der Waals surface area contributed by atoms with E-state index in [1.54, 1.807) is 13.0 Å². The Morgan fingerprint density at radius 1 is 1.23 bits per heavy atom. The molecule has 4 rings (SSSR count). The Bertz CT molecular complexity index is 1060. The third kappa shape index (κ3) is 4.75. The molecule has 1 aromatic heterocycles. The number of carbonyl (C=O) groups is 1. The van der Waals surface area contributed by atoms with E-state index in [4.69, 9.17) is 23.2 Å². The summed E-state index contributed by atoms with van der Waals surface area (Å²) in [7, 11) is 1.98. The van der Waals surface area contributed by atoms with Gasteiger partial charge in [-0.1, -0.05) is 41.4 Å². The van der Waals surface area contributed by atoms with Gasteiger partial charge in [-0.15, -0.1) is 0 Å². The zero-order valence-electron chi connectivity index (χ0n) is 17.7. The third-order valence-electron chi connectivity index (χ3n) is 6.18. The highest BCUT2D eigenvalue weighted by atomic mass is 35.5. The Labute approximate surface area is 192 Å². The Balaban J connectivity index is 1.51. The van der Waals surface area contributed by atoms with Gasteiger partial charge in [0.1, 0.15) is 0 Å². The average Bonchev–Trinajstić information content (AvgIpc) is 3.11. The molecule has 0 radical (unpaired) electrons. The second-order valence-corrected chi connectivity index (χ2v) is 9.31. The molecule has 1 aliphatic heterocycles. The number of nitrogens with zero attached hydrogens (tertiary/aromatic N) is 2. The molecule has 2 heterocycles. The van der Waals surface area contributed by atoms with Crippen LogP contribution in [0, 0.1) is 5.92 Å². The summed E-state index contributed by atoms with van der Waals surface area (Å²) in [6.07, 6.45) is 2.01. The van der Waals surface area contributed by atoms with Crippen molar-refractivity contribution in [1.82, 2.24) is 14.8 Å². The molecule has 3 aromatic rings. The van der Waals surface area contributed by atoms with E-state index in [1.807, 2.05) is 48.5 Å². The van der Waals surface area contributed by atoms with Crippen molar-refractivity contribution < 1.29 is 9.90 Å². The highest BCUT2D eigenvalue weighted by molar-refractivity contribution is 6.34. The second kappa shape index (κ2) is 9.21. The number of carbonyl (C=O) groups excluding carboxylic acids is 1. The molecular formula is C24H27Cl2N3O2. The van der Waals surface area contributed by atoms with Crippen LogP contribution in [0.2, 0.25) is 10.0 Å². The van der Waals surface area contributed by atoms with E-state index in [9.17, 15) is 9.90 Å². The van der Waals surface area contributed by atoms with Crippen molar-refractivity contribution in [2.24, 2.45) is 5.92 Å². The van der Waals surface area contributed by atoms with E-state index < -0.39 is 12.0 Å². The number of halogens is 2. The number of rotatable bonds is 6. The lowest BCUT2D eigenvalue weighted by atomic mass is 9.85. The van der Waals surface area contributed by atoms with Crippen molar-refractivity contribution in [3.8, 4) is 0 Å². The summed E-state index contributed by atoms with van der Waals surface area (Å²) in [5.74, 6) is -0.494. The lowest BCUT2D eigenvalue weighted by molar-refractivity contribution is -0.148. The quantitative estimate of drug-likeness (QED) is 0.561. The van der Waals surface area contributed by atoms with E-state index in [-0.39, 0.29) is 11.9 Å². The van der Waals surface area contributed by atoms with Crippen molar-refractivity contribution >= 4 is 40.0 Å². The number of para-hydroxylation sites is 1. The first kappa shape index (κ1) is 22.2. The summed E-state index contributed by atoms with van der Waals surface area (Å²) in [4.78, 5) is 20.7. The molecule has 2 N–H and O–H groups in total. The molecule has 1 amide bonds. The van der Waals surface area contributed by atoms with Crippen LogP contribution in [0.15, 0.2) is 48.7 Å². The maximum atomic E-state index is 13.4. The third-order valence-corrected chi connectivity index (χ3v) is 6.62. The van der Waals surface area contributed by atoms with Gasteiger partial charge in [-0.25, -0.2) is 0 Å². The number of H-pyrrole nitrogens is 1. The molecule has 3 atom stereocenters. The topological polar surface area (TPSA) is 59.6 Å². The lowest BCUT2D eigenvalue weighted by Gasteiger charge is -2.43. The number of piperidine rings is 1. The minimum Gasteiger partial charge on any atom is -0.393 e. The lowest BCUT2D eigenvalue weighted by Crippen LogP contribution is -2.56. The predicted octanol–water partition coefficient (Wildman–Crippen LogP) is 4.70. The fourth-order valence-corrected chi connectivity index (χ4v) is 5.28. The predicted molar refractivity (Wildman–Crippen MR) is 125 cm³/mol. The molecule has 0 saturated carbocycles. The summed E-state index contributed by atoms with van der Waals surface area (Å²) in [6, 6.07) is 13.5. The molecule has 31 heavy (non-hydrogen) atoms. The maximum Gasteiger partial charge on any atom is 0.230 e. The molecule has 1 fully saturated rings. The van der Waals surface area contributed by atoms with Crippen molar-refractivity contribution in [3.05, 3.63) is 69.8 Å². The second-order valence-electron chi connectivity index (χ2n) is 8.43. The first-order chi connectivity index (χ1) is 14.8. The van der Waals surface area contributed by atoms with Gasteiger partial charge in [0, 0.05) is 52.8 Å². The summed E-state index contributed by atoms with van der Waals surface area (Å²) in [5, 5.41) is 12.8. The van der Waals surface area contributed by atoms with Crippen LogP contribution in [-0.4, -0.2) is 51.5 Å². The number of hydrogen-bond donors (Lipinski definition) is 2. The van der Waals surface area contributed by atoms with Crippen molar-refractivity contribution in [3.63, 3.8) is 0 Å². The van der Waals surface area contributed by atoms with E-state index in [0.717, 1.165) is 28.5 Å². The Kier molecular flexibility index (Phi) is 6.58. The highest BCUT2D eigenvalue weighted by Gasteiger charge is 2.41. The van der Waals surface area contributed by atoms with Gasteiger partial charge >= 0.3 is 0 Å². The van der Waals surface area contributed by atoms with Crippen molar-refractivity contribution in [1.29, 1.82) is 0 Å². The van der Waals surface area contributed by atoms with Gasteiger partial charge in [-0.2, -0.15) is 0 Å². The van der Waals surface area contributed by atoms with Crippen LogP contribution >= 0.6 is 23.2 Å². The number of aliphatic hydroxyl groups excluding tert-OH is 1. The van der Waals surface area contributed by atoms with Crippen LogP contribution in [0.5, 0.6) is 0 Å². The number of hydrogen-bond acceptors (Lipinski definition) is 3. The highest BCUT2D eigenvalue weighted by Crippen LogP contribution is 2.30. The molecule has 5 nitrogen and oxygen atoms in total. The normalized spacial score (nSPS) is 20.6. The van der Waals surface area contributed by atoms with E-state index in [0.29, 0.717) is 29.7 Å². The standard InChI is InChI=1S/C24H27Cl2N3O2/c1-15(30)23-22(28(2)13-16-9-18(25)11-19(26)10-16)7-8-29(24(23)31)14-17-12-27-21-6-4-3-5-20(17)21/h3-6,9-12,15,22-23,27,30H,7-8,13-14H2,1-2H3/t15?,22-,23-/m0/s1. The fraction of sp³-hybridized carbons (Fsp3) is 0.375. The van der Waals surface area contributed by atoms with Crippen LogP contribution in [0.1, 0.15) is 24.5 Å². The smallest absolute Gasteiger partial charge is 0.230 e. The molecule has 1 unspecified atom stereocenters. The number of benzene rings is 2. The maximum absolute atomic E-state index is 13.4. The monoisotopic (exact) mass is 459 g/mol. The van der Waals surface area contributed by atoms with E-state index >= 15 is 0 Å². The largest absolute Gasteiger partial charge is 0.393 e. The molecule has 7 heteroatoms. The first-order valence-corrected chi connectivity index (χ1v) is 11.3. The number of nitrogens with one attached hydrogen (secondary N) is 1. The van der Waals surface area contributed by atoms with Gasteiger partial charge in [-0.3, -0.25) is 9.69 Å². The zero-order valence-corrected chi connectivity index (χ0v) is 19.2.